The highest BCUT2D eigenvalue weighted by molar-refractivity contribution is 5.76. The van der Waals surface area contributed by atoms with Gasteiger partial charge in [0.15, 0.2) is 0 Å². The number of carboxylic acids is 1. The number of hydrogen-bond donors (Lipinski definition) is 1. The normalized spacial score (nSPS) is 41.5. The predicted molar refractivity (Wildman–Crippen MR) is 140 cm³/mol. The highest BCUT2D eigenvalue weighted by Crippen LogP contribution is 2.68. The summed E-state index contributed by atoms with van der Waals surface area (Å²) in [6, 6.07) is 0. The second-order valence-corrected chi connectivity index (χ2v) is 14.0. The molecule has 4 fully saturated rings. The molecule has 4 aliphatic rings. The van der Waals surface area contributed by atoms with Crippen LogP contribution in [-0.4, -0.2) is 23.1 Å². The van der Waals surface area contributed by atoms with Crippen LogP contribution in [0, 0.1) is 52.3 Å². The smallest absolute Gasteiger partial charge is 0.306 e. The van der Waals surface area contributed by atoms with Crippen LogP contribution in [0.5, 0.6) is 0 Å². The quantitative estimate of drug-likeness (QED) is 0.335. The maximum atomic E-state index is 12.1. The molecule has 0 aromatic heterocycles. The minimum atomic E-state index is -0.931. The SMILES string of the molecule is CC(C)CCC[C@@H](C)[C@H]1CC[C@H]2[C@@H]3CC[C@@H]4C[C@@H](OC(=O)CCC(=O)O)CC[C@]4(C)[C@H]3CC[C@]12C. The molecule has 4 aliphatic carbocycles. The van der Waals surface area contributed by atoms with Crippen molar-refractivity contribution in [2.24, 2.45) is 52.3 Å². The zero-order chi connectivity index (χ0) is 25.4. The van der Waals surface area contributed by atoms with E-state index in [1.165, 1.54) is 57.8 Å². The highest BCUT2D eigenvalue weighted by atomic mass is 16.5. The molecule has 0 spiro atoms. The van der Waals surface area contributed by atoms with Crippen molar-refractivity contribution in [2.45, 2.75) is 131 Å². The van der Waals surface area contributed by atoms with Crippen LogP contribution in [-0.2, 0) is 14.3 Å². The van der Waals surface area contributed by atoms with Crippen molar-refractivity contribution in [3.63, 3.8) is 0 Å². The molecule has 0 aliphatic heterocycles. The lowest BCUT2D eigenvalue weighted by Crippen LogP contribution is -2.54. The summed E-state index contributed by atoms with van der Waals surface area (Å²) in [5, 5.41) is 8.85. The van der Waals surface area contributed by atoms with Crippen molar-refractivity contribution in [3.8, 4) is 0 Å². The number of carbonyl (C=O) groups excluding carboxylic acids is 1. The maximum Gasteiger partial charge on any atom is 0.306 e. The highest BCUT2D eigenvalue weighted by Gasteiger charge is 2.60. The Balaban J connectivity index is 1.37. The third kappa shape index (κ3) is 5.47. The fraction of sp³-hybridized carbons (Fsp3) is 0.935. The van der Waals surface area contributed by atoms with E-state index in [4.69, 9.17) is 9.84 Å². The molecule has 9 atom stereocenters. The van der Waals surface area contributed by atoms with Crippen LogP contribution < -0.4 is 0 Å². The topological polar surface area (TPSA) is 63.6 Å². The Morgan fingerprint density at radius 2 is 1.60 bits per heavy atom. The van der Waals surface area contributed by atoms with Crippen molar-refractivity contribution in [1.82, 2.24) is 0 Å². The molecule has 4 nitrogen and oxygen atoms in total. The average Bonchev–Trinajstić information content (AvgIpc) is 3.15. The summed E-state index contributed by atoms with van der Waals surface area (Å²) in [4.78, 5) is 22.9. The number of carbonyl (C=O) groups is 2. The predicted octanol–water partition coefficient (Wildman–Crippen LogP) is 7.88. The number of hydrogen-bond acceptors (Lipinski definition) is 3. The molecule has 1 N–H and O–H groups in total. The number of aliphatic carboxylic acids is 1. The minimum Gasteiger partial charge on any atom is -0.481 e. The van der Waals surface area contributed by atoms with E-state index in [1.54, 1.807) is 0 Å². The van der Waals surface area contributed by atoms with Crippen LogP contribution >= 0.6 is 0 Å². The van der Waals surface area contributed by atoms with Crippen LogP contribution in [0.1, 0.15) is 125 Å². The first-order valence-electron chi connectivity index (χ1n) is 15.0. The molecule has 200 valence electrons. The van der Waals surface area contributed by atoms with Gasteiger partial charge in [0.2, 0.25) is 0 Å². The van der Waals surface area contributed by atoms with Gasteiger partial charge in [-0.05, 0) is 110 Å². The lowest BCUT2D eigenvalue weighted by molar-refractivity contribution is -0.164. The van der Waals surface area contributed by atoms with Gasteiger partial charge in [-0.15, -0.1) is 0 Å². The van der Waals surface area contributed by atoms with Gasteiger partial charge in [0.05, 0.1) is 12.8 Å². The second-order valence-electron chi connectivity index (χ2n) is 14.0. The molecule has 0 aromatic rings. The molecular weight excluding hydrogens is 436 g/mol. The zero-order valence-electron chi connectivity index (χ0n) is 23.2. The van der Waals surface area contributed by atoms with E-state index in [0.717, 1.165) is 54.8 Å². The van der Waals surface area contributed by atoms with Crippen LogP contribution in [0.25, 0.3) is 0 Å². The van der Waals surface area contributed by atoms with E-state index in [1.807, 2.05) is 0 Å². The summed E-state index contributed by atoms with van der Waals surface area (Å²) < 4.78 is 5.74. The maximum absolute atomic E-state index is 12.1. The molecule has 4 rings (SSSR count). The van der Waals surface area contributed by atoms with Gasteiger partial charge >= 0.3 is 11.9 Å². The Bertz CT molecular complexity index is 761. The number of rotatable bonds is 9. The first kappa shape index (κ1) is 27.0. The lowest BCUT2D eigenvalue weighted by atomic mass is 9.44. The van der Waals surface area contributed by atoms with Crippen molar-refractivity contribution in [2.75, 3.05) is 0 Å². The molecule has 0 bridgehead atoms. The van der Waals surface area contributed by atoms with Gasteiger partial charge in [-0.1, -0.05) is 53.9 Å². The molecule has 0 aromatic carbocycles. The molecule has 0 amide bonds. The molecule has 4 saturated carbocycles. The van der Waals surface area contributed by atoms with E-state index in [2.05, 4.69) is 34.6 Å². The summed E-state index contributed by atoms with van der Waals surface area (Å²) in [6.45, 7) is 12.5. The first-order valence-corrected chi connectivity index (χ1v) is 15.0. The number of esters is 1. The summed E-state index contributed by atoms with van der Waals surface area (Å²) in [6.07, 6.45) is 15.5. The molecule has 0 radical (unpaired) electrons. The van der Waals surface area contributed by atoms with Gasteiger partial charge in [0.25, 0.3) is 0 Å². The fourth-order valence-electron chi connectivity index (χ4n) is 9.80. The second kappa shape index (κ2) is 10.7. The average molecular weight is 489 g/mol. The molecule has 4 heteroatoms. The molecule has 0 unspecified atom stereocenters. The largest absolute Gasteiger partial charge is 0.481 e. The lowest BCUT2D eigenvalue weighted by Gasteiger charge is -2.61. The molecular formula is C31H52O4. The summed E-state index contributed by atoms with van der Waals surface area (Å²) in [5.41, 5.74) is 0.924. The van der Waals surface area contributed by atoms with E-state index >= 15 is 0 Å². The number of carboxylic acid groups (broad SMARTS) is 1. The van der Waals surface area contributed by atoms with Gasteiger partial charge in [0.1, 0.15) is 6.10 Å². The van der Waals surface area contributed by atoms with Crippen molar-refractivity contribution in [1.29, 1.82) is 0 Å². The van der Waals surface area contributed by atoms with Gasteiger partial charge in [-0.3, -0.25) is 9.59 Å². The Morgan fingerprint density at radius 1 is 0.886 bits per heavy atom. The standard InChI is InChI=1S/C31H52O4/c1-20(2)7-6-8-21(3)25-11-12-26-24-10-9-22-19-23(35-29(34)14-13-28(32)33)15-17-30(22,4)27(24)16-18-31(25,26)5/h20-27H,6-19H2,1-5H3,(H,32,33)/t21-,22-,23+,24+,25-,26+,27+,30+,31-/m1/s1. The third-order valence-corrected chi connectivity index (χ3v) is 11.7. The van der Waals surface area contributed by atoms with Gasteiger partial charge in [0, 0.05) is 0 Å². The summed E-state index contributed by atoms with van der Waals surface area (Å²) in [5.74, 6) is 4.60. The van der Waals surface area contributed by atoms with E-state index < -0.39 is 5.97 Å². The monoisotopic (exact) mass is 488 g/mol. The Labute approximate surface area is 214 Å². The first-order chi connectivity index (χ1) is 16.5. The fourth-order valence-corrected chi connectivity index (χ4v) is 9.80. The van der Waals surface area contributed by atoms with Crippen LogP contribution in [0.4, 0.5) is 0 Å². The molecule has 0 saturated heterocycles. The van der Waals surface area contributed by atoms with E-state index in [0.29, 0.717) is 16.7 Å². The van der Waals surface area contributed by atoms with Gasteiger partial charge < -0.3 is 9.84 Å². The summed E-state index contributed by atoms with van der Waals surface area (Å²) in [7, 11) is 0. The van der Waals surface area contributed by atoms with Crippen LogP contribution in [0.2, 0.25) is 0 Å². The van der Waals surface area contributed by atoms with Crippen LogP contribution in [0.3, 0.4) is 0 Å². The van der Waals surface area contributed by atoms with Crippen molar-refractivity contribution >= 4 is 11.9 Å². The Morgan fingerprint density at radius 3 is 2.31 bits per heavy atom. The van der Waals surface area contributed by atoms with E-state index in [9.17, 15) is 9.59 Å². The number of fused-ring (bicyclic) bond motifs is 5. The third-order valence-electron chi connectivity index (χ3n) is 11.7. The molecule has 0 heterocycles. The van der Waals surface area contributed by atoms with Gasteiger partial charge in [-0.2, -0.15) is 0 Å². The van der Waals surface area contributed by atoms with Crippen LogP contribution in [0.15, 0.2) is 0 Å². The van der Waals surface area contributed by atoms with Crippen molar-refractivity contribution in [3.05, 3.63) is 0 Å². The van der Waals surface area contributed by atoms with Gasteiger partial charge in [-0.25, -0.2) is 0 Å². The zero-order valence-corrected chi connectivity index (χ0v) is 23.2. The summed E-state index contributed by atoms with van der Waals surface area (Å²) >= 11 is 0. The Kier molecular flexibility index (Phi) is 8.28. The Hall–Kier alpha value is -1.06. The number of ether oxygens (including phenoxy) is 1. The van der Waals surface area contributed by atoms with E-state index in [-0.39, 0.29) is 24.9 Å². The minimum absolute atomic E-state index is 0.00418. The molecule has 35 heavy (non-hydrogen) atoms. The van der Waals surface area contributed by atoms with Crippen molar-refractivity contribution < 1.29 is 19.4 Å².